The van der Waals surface area contributed by atoms with Crippen LogP contribution in [0.3, 0.4) is 0 Å². The monoisotopic (exact) mass is 394 g/mol. The average molecular weight is 394 g/mol. The van der Waals surface area contributed by atoms with Gasteiger partial charge in [-0.15, -0.1) is 0 Å². The Bertz CT molecular complexity index is 971. The zero-order valence-corrected chi connectivity index (χ0v) is 16.4. The molecule has 1 N–H and O–H groups in total. The summed E-state index contributed by atoms with van der Waals surface area (Å²) in [5, 5.41) is 13.3. The molecule has 0 radical (unpaired) electrons. The first-order valence-electron chi connectivity index (χ1n) is 9.23. The molecule has 0 saturated heterocycles. The molecule has 0 spiro atoms. The van der Waals surface area contributed by atoms with E-state index in [1.54, 1.807) is 12.1 Å². The van der Waals surface area contributed by atoms with Crippen LogP contribution in [-0.4, -0.2) is 29.6 Å². The molecule has 1 amide bonds. The molecule has 0 unspecified atom stereocenters. The van der Waals surface area contributed by atoms with Crippen LogP contribution in [0.25, 0.3) is 0 Å². The Labute approximate surface area is 169 Å². The van der Waals surface area contributed by atoms with Crippen molar-refractivity contribution in [3.05, 3.63) is 63.7 Å². The number of hydrogen-bond acceptors (Lipinski definition) is 5. The van der Waals surface area contributed by atoms with Crippen LogP contribution in [0.5, 0.6) is 11.5 Å². The van der Waals surface area contributed by atoms with E-state index < -0.39 is 4.92 Å². The summed E-state index contributed by atoms with van der Waals surface area (Å²) in [6.07, 6.45) is 0.978. The lowest BCUT2D eigenvalue weighted by atomic mass is 10.0. The van der Waals surface area contributed by atoms with Gasteiger partial charge >= 0.3 is 0 Å². The summed E-state index contributed by atoms with van der Waals surface area (Å²) < 4.78 is 11.7. The topological polar surface area (TPSA) is 90.7 Å². The van der Waals surface area contributed by atoms with Gasteiger partial charge in [0.15, 0.2) is 11.5 Å². The first-order valence-corrected chi connectivity index (χ1v) is 9.23. The van der Waals surface area contributed by atoms with Gasteiger partial charge in [-0.25, -0.2) is 0 Å². The molecule has 7 heteroatoms. The van der Waals surface area contributed by atoms with Gasteiger partial charge in [-0.3, -0.25) is 14.9 Å². The van der Waals surface area contributed by atoms with Crippen molar-refractivity contribution in [1.82, 2.24) is 5.32 Å². The molecule has 2 aromatic carbocycles. The quantitative estimate of drug-likeness (QED) is 0.462. The Kier molecular flexibility index (Phi) is 6.03. The molecular formula is C22H22N2O5. The van der Waals surface area contributed by atoms with Gasteiger partial charge in [0.25, 0.3) is 5.69 Å². The molecule has 0 bridgehead atoms. The van der Waals surface area contributed by atoms with Crippen LogP contribution in [0.2, 0.25) is 0 Å². The molecule has 3 rings (SSSR count). The van der Waals surface area contributed by atoms with Crippen LogP contribution in [0.4, 0.5) is 5.69 Å². The average Bonchev–Trinajstić information content (AvgIpc) is 2.99. The van der Waals surface area contributed by atoms with E-state index in [4.69, 9.17) is 9.47 Å². The Morgan fingerprint density at radius 3 is 2.72 bits per heavy atom. The van der Waals surface area contributed by atoms with Crippen molar-refractivity contribution in [3.8, 4) is 23.3 Å². The molecule has 1 aliphatic rings. The number of carbonyl (C=O) groups is 1. The number of para-hydroxylation sites is 1. The minimum Gasteiger partial charge on any atom is -0.483 e. The lowest BCUT2D eigenvalue weighted by molar-refractivity contribution is -0.384. The van der Waals surface area contributed by atoms with Crippen LogP contribution in [-0.2, 0) is 17.6 Å². The lowest BCUT2D eigenvalue weighted by Crippen LogP contribution is -2.25. The minimum atomic E-state index is -0.474. The predicted molar refractivity (Wildman–Crippen MR) is 108 cm³/mol. The Hall–Kier alpha value is -3.53. The Morgan fingerprint density at radius 2 is 2.00 bits per heavy atom. The SMILES string of the molecule is CC1(C)Cc2cccc(OCC#CCNC(=O)Cc3ccc([N+](=O)[O-])cc3)c2O1. The fraction of sp³-hybridized carbons (Fsp3) is 0.318. The maximum atomic E-state index is 11.9. The molecule has 0 aliphatic carbocycles. The summed E-state index contributed by atoms with van der Waals surface area (Å²) in [6, 6.07) is 11.7. The van der Waals surface area contributed by atoms with Crippen molar-refractivity contribution < 1.29 is 19.2 Å². The van der Waals surface area contributed by atoms with Gasteiger partial charge in [-0.2, -0.15) is 0 Å². The van der Waals surface area contributed by atoms with Gasteiger partial charge in [0, 0.05) is 24.1 Å². The third kappa shape index (κ3) is 5.48. The van der Waals surface area contributed by atoms with E-state index in [9.17, 15) is 14.9 Å². The van der Waals surface area contributed by atoms with Gasteiger partial charge in [-0.05, 0) is 25.5 Å². The number of nitro groups is 1. The maximum absolute atomic E-state index is 11.9. The van der Waals surface area contributed by atoms with Gasteiger partial charge in [0.2, 0.25) is 5.91 Å². The van der Waals surface area contributed by atoms with Crippen molar-refractivity contribution in [2.24, 2.45) is 0 Å². The number of non-ortho nitro benzene ring substituents is 1. The van der Waals surface area contributed by atoms with E-state index >= 15 is 0 Å². The fourth-order valence-corrected chi connectivity index (χ4v) is 3.05. The van der Waals surface area contributed by atoms with Gasteiger partial charge in [0.1, 0.15) is 12.2 Å². The summed E-state index contributed by atoms with van der Waals surface area (Å²) in [5.41, 5.74) is 1.59. The van der Waals surface area contributed by atoms with Crippen molar-refractivity contribution in [1.29, 1.82) is 0 Å². The molecule has 7 nitrogen and oxygen atoms in total. The summed E-state index contributed by atoms with van der Waals surface area (Å²) >= 11 is 0. The van der Waals surface area contributed by atoms with Crippen molar-refractivity contribution in [2.45, 2.75) is 32.3 Å². The summed E-state index contributed by atoms with van der Waals surface area (Å²) in [7, 11) is 0. The zero-order valence-electron chi connectivity index (χ0n) is 16.4. The van der Waals surface area contributed by atoms with Gasteiger partial charge in [-0.1, -0.05) is 36.1 Å². The number of nitrogens with zero attached hydrogens (tertiary/aromatic N) is 1. The first-order chi connectivity index (χ1) is 13.8. The normalized spacial score (nSPS) is 13.4. The van der Waals surface area contributed by atoms with E-state index in [2.05, 4.69) is 17.2 Å². The third-order valence-electron chi connectivity index (χ3n) is 4.37. The highest BCUT2D eigenvalue weighted by atomic mass is 16.6. The second-order valence-electron chi connectivity index (χ2n) is 7.30. The maximum Gasteiger partial charge on any atom is 0.269 e. The Balaban J connectivity index is 1.42. The number of amides is 1. The first kappa shape index (κ1) is 20.2. The highest BCUT2D eigenvalue weighted by molar-refractivity contribution is 5.78. The molecule has 1 aliphatic heterocycles. The molecule has 1 heterocycles. The summed E-state index contributed by atoms with van der Waals surface area (Å²) in [4.78, 5) is 22.1. The van der Waals surface area contributed by atoms with E-state index in [1.807, 2.05) is 32.0 Å². The zero-order chi connectivity index (χ0) is 20.9. The third-order valence-corrected chi connectivity index (χ3v) is 4.37. The second-order valence-corrected chi connectivity index (χ2v) is 7.30. The van der Waals surface area contributed by atoms with E-state index in [0.29, 0.717) is 11.3 Å². The number of ether oxygens (including phenoxy) is 2. The minimum absolute atomic E-state index is 0.00181. The number of carbonyl (C=O) groups excluding carboxylic acids is 1. The lowest BCUT2D eigenvalue weighted by Gasteiger charge is -2.17. The second kappa shape index (κ2) is 8.65. The van der Waals surface area contributed by atoms with Crippen LogP contribution < -0.4 is 14.8 Å². The highest BCUT2D eigenvalue weighted by Crippen LogP contribution is 2.41. The molecule has 0 fully saturated rings. The standard InChI is InChI=1S/C22H22N2O5/c1-22(2)15-17-6-5-7-19(21(17)29-22)28-13-4-3-12-23-20(25)14-16-8-10-18(11-9-16)24(26)27/h5-11H,12-15H2,1-2H3,(H,23,25). The summed E-state index contributed by atoms with van der Waals surface area (Å²) in [6.45, 7) is 4.47. The number of benzene rings is 2. The molecule has 29 heavy (non-hydrogen) atoms. The number of nitro benzene ring substituents is 1. The number of hydrogen-bond donors (Lipinski definition) is 1. The van der Waals surface area contributed by atoms with E-state index in [-0.39, 0.29) is 36.8 Å². The van der Waals surface area contributed by atoms with Gasteiger partial charge in [0.05, 0.1) is 17.9 Å². The molecule has 2 aromatic rings. The van der Waals surface area contributed by atoms with Crippen LogP contribution in [0.1, 0.15) is 25.0 Å². The fourth-order valence-electron chi connectivity index (χ4n) is 3.05. The van der Waals surface area contributed by atoms with E-state index in [0.717, 1.165) is 17.7 Å². The van der Waals surface area contributed by atoms with Crippen molar-refractivity contribution in [3.63, 3.8) is 0 Å². The number of rotatable bonds is 6. The van der Waals surface area contributed by atoms with Crippen LogP contribution in [0.15, 0.2) is 42.5 Å². The Morgan fingerprint density at radius 1 is 1.24 bits per heavy atom. The molecular weight excluding hydrogens is 372 g/mol. The molecule has 0 aromatic heterocycles. The highest BCUT2D eigenvalue weighted by Gasteiger charge is 2.32. The predicted octanol–water partition coefficient (Wildman–Crippen LogP) is 3.05. The summed E-state index contributed by atoms with van der Waals surface area (Å²) in [5.74, 6) is 6.95. The number of fused-ring (bicyclic) bond motifs is 1. The number of nitrogens with one attached hydrogen (secondary N) is 1. The van der Waals surface area contributed by atoms with E-state index in [1.165, 1.54) is 12.1 Å². The molecule has 0 atom stereocenters. The molecule has 0 saturated carbocycles. The molecule has 150 valence electrons. The van der Waals surface area contributed by atoms with Crippen LogP contribution >= 0.6 is 0 Å². The van der Waals surface area contributed by atoms with Crippen molar-refractivity contribution in [2.75, 3.05) is 13.2 Å². The largest absolute Gasteiger partial charge is 0.483 e. The van der Waals surface area contributed by atoms with Crippen molar-refractivity contribution >= 4 is 11.6 Å². The van der Waals surface area contributed by atoms with Gasteiger partial charge < -0.3 is 14.8 Å². The van der Waals surface area contributed by atoms with Crippen LogP contribution in [0, 0.1) is 22.0 Å². The smallest absolute Gasteiger partial charge is 0.269 e.